The summed E-state index contributed by atoms with van der Waals surface area (Å²) < 4.78 is 1.52. The zero-order valence-corrected chi connectivity index (χ0v) is 16.4. The largest absolute Gasteiger partial charge is 0.372 e. The Balaban J connectivity index is 2.48. The Kier molecular flexibility index (Phi) is 6.83. The van der Waals surface area contributed by atoms with Gasteiger partial charge in [-0.1, -0.05) is 0 Å². The van der Waals surface area contributed by atoms with Gasteiger partial charge in [0.1, 0.15) is 17.8 Å². The minimum absolute atomic E-state index is 0.0114. The standard InChI is InChI=1S/C19H22N8O/c1-5-26(6-2)14-8-9-15(16(10-14)22-13(4)28)24-25-19-23-17(11-20)18(12-21)27(19)7-3/h8-10H,5-7H2,1-4H3,(H,22,28). The van der Waals surface area contributed by atoms with Crippen LogP contribution in [0, 0.1) is 22.7 Å². The molecule has 0 bridgehead atoms. The Bertz CT molecular complexity index is 973. The van der Waals surface area contributed by atoms with Crippen molar-refractivity contribution in [2.45, 2.75) is 34.2 Å². The lowest BCUT2D eigenvalue weighted by Gasteiger charge is -2.22. The van der Waals surface area contributed by atoms with Gasteiger partial charge in [0.15, 0.2) is 11.4 Å². The van der Waals surface area contributed by atoms with Gasteiger partial charge in [0, 0.05) is 32.2 Å². The molecule has 1 heterocycles. The van der Waals surface area contributed by atoms with Gasteiger partial charge in [-0.3, -0.25) is 9.36 Å². The van der Waals surface area contributed by atoms with Gasteiger partial charge in [-0.05, 0) is 39.0 Å². The maximum absolute atomic E-state index is 11.6. The Labute approximate surface area is 163 Å². The first-order valence-electron chi connectivity index (χ1n) is 8.97. The van der Waals surface area contributed by atoms with E-state index in [0.29, 0.717) is 17.9 Å². The minimum Gasteiger partial charge on any atom is -0.372 e. The average molecular weight is 378 g/mol. The molecule has 0 atom stereocenters. The highest BCUT2D eigenvalue weighted by Crippen LogP contribution is 2.32. The summed E-state index contributed by atoms with van der Waals surface area (Å²) in [4.78, 5) is 17.8. The quantitative estimate of drug-likeness (QED) is 0.733. The van der Waals surface area contributed by atoms with Crippen LogP contribution in [0.15, 0.2) is 28.4 Å². The van der Waals surface area contributed by atoms with Gasteiger partial charge in [-0.25, -0.2) is 0 Å². The van der Waals surface area contributed by atoms with Crippen molar-refractivity contribution in [1.29, 1.82) is 10.5 Å². The topological polar surface area (TPSA) is 122 Å². The van der Waals surface area contributed by atoms with Crippen LogP contribution in [0.2, 0.25) is 0 Å². The number of benzene rings is 1. The van der Waals surface area contributed by atoms with Crippen LogP contribution in [0.4, 0.5) is 23.0 Å². The minimum atomic E-state index is -0.221. The maximum atomic E-state index is 11.6. The maximum Gasteiger partial charge on any atom is 0.251 e. The SMILES string of the molecule is CCN(CC)c1ccc(N=Nc2nc(C#N)c(C#N)n2CC)c(NC(C)=O)c1. The van der Waals surface area contributed by atoms with E-state index in [4.69, 9.17) is 5.26 Å². The fraction of sp³-hybridized carbons (Fsp3) is 0.368. The number of carbonyl (C=O) groups excluding carboxylic acids is 1. The Morgan fingerprint density at radius 3 is 2.46 bits per heavy atom. The molecule has 0 aliphatic carbocycles. The van der Waals surface area contributed by atoms with E-state index in [1.165, 1.54) is 11.5 Å². The molecule has 0 saturated carbocycles. The summed E-state index contributed by atoms with van der Waals surface area (Å²) in [6.07, 6.45) is 0. The molecule has 1 N–H and O–H groups in total. The van der Waals surface area contributed by atoms with Gasteiger partial charge in [0.2, 0.25) is 5.91 Å². The van der Waals surface area contributed by atoms with Crippen LogP contribution in [0.3, 0.4) is 0 Å². The summed E-state index contributed by atoms with van der Waals surface area (Å²) in [6, 6.07) is 9.37. The predicted octanol–water partition coefficient (Wildman–Crippen LogP) is 3.87. The highest BCUT2D eigenvalue weighted by atomic mass is 16.1. The van der Waals surface area contributed by atoms with Gasteiger partial charge in [0.05, 0.1) is 5.69 Å². The number of nitrogens with zero attached hydrogens (tertiary/aromatic N) is 7. The first-order valence-corrected chi connectivity index (χ1v) is 8.97. The van der Waals surface area contributed by atoms with E-state index >= 15 is 0 Å². The molecule has 0 spiro atoms. The third-order valence-corrected chi connectivity index (χ3v) is 4.14. The molecule has 9 heteroatoms. The number of aromatic nitrogens is 2. The highest BCUT2D eigenvalue weighted by Gasteiger charge is 2.16. The van der Waals surface area contributed by atoms with Crippen molar-refractivity contribution in [3.05, 3.63) is 29.6 Å². The van der Waals surface area contributed by atoms with Gasteiger partial charge in [-0.2, -0.15) is 15.5 Å². The van der Waals surface area contributed by atoms with Crippen molar-refractivity contribution in [2.75, 3.05) is 23.3 Å². The number of imidazole rings is 1. The predicted molar refractivity (Wildman–Crippen MR) is 106 cm³/mol. The third kappa shape index (κ3) is 4.33. The summed E-state index contributed by atoms with van der Waals surface area (Å²) in [5.74, 6) is -0.0565. The zero-order valence-electron chi connectivity index (χ0n) is 16.4. The number of amides is 1. The molecule has 2 rings (SSSR count). The number of hydrogen-bond donors (Lipinski definition) is 1. The highest BCUT2D eigenvalue weighted by molar-refractivity contribution is 5.92. The number of carbonyl (C=O) groups is 1. The van der Waals surface area contributed by atoms with Crippen LogP contribution in [0.5, 0.6) is 0 Å². The molecule has 1 aromatic heterocycles. The van der Waals surface area contributed by atoms with E-state index in [1.807, 2.05) is 31.2 Å². The van der Waals surface area contributed by atoms with Gasteiger partial charge < -0.3 is 10.2 Å². The van der Waals surface area contributed by atoms with Crippen LogP contribution in [0.25, 0.3) is 0 Å². The van der Waals surface area contributed by atoms with Gasteiger partial charge in [-0.15, -0.1) is 10.2 Å². The Morgan fingerprint density at radius 2 is 1.93 bits per heavy atom. The number of hydrogen-bond acceptors (Lipinski definition) is 7. The van der Waals surface area contributed by atoms with Crippen LogP contribution >= 0.6 is 0 Å². The normalized spacial score (nSPS) is 10.5. The summed E-state index contributed by atoms with van der Waals surface area (Å²) >= 11 is 0. The van der Waals surface area contributed by atoms with E-state index in [0.717, 1.165) is 18.8 Å². The molecule has 0 fully saturated rings. The molecule has 144 valence electrons. The molecule has 0 aliphatic heterocycles. The van der Waals surface area contributed by atoms with E-state index in [-0.39, 0.29) is 23.2 Å². The molecule has 0 saturated heterocycles. The molecule has 1 amide bonds. The van der Waals surface area contributed by atoms with Crippen LogP contribution in [-0.2, 0) is 11.3 Å². The van der Waals surface area contributed by atoms with Crippen molar-refractivity contribution >= 4 is 28.9 Å². The fourth-order valence-electron chi connectivity index (χ4n) is 2.79. The van der Waals surface area contributed by atoms with Gasteiger partial charge in [0.25, 0.3) is 5.95 Å². The molecule has 2 aromatic rings. The Hall–Kier alpha value is -3.72. The molecular weight excluding hydrogens is 356 g/mol. The number of nitriles is 2. The summed E-state index contributed by atoms with van der Waals surface area (Å²) in [5.41, 5.74) is 2.10. The number of nitrogens with one attached hydrogen (secondary N) is 1. The molecule has 0 radical (unpaired) electrons. The lowest BCUT2D eigenvalue weighted by atomic mass is 10.2. The van der Waals surface area contributed by atoms with Gasteiger partial charge >= 0.3 is 0 Å². The molecule has 9 nitrogen and oxygen atoms in total. The molecular formula is C19H22N8O. The number of anilines is 2. The van der Waals surface area contributed by atoms with Crippen molar-refractivity contribution in [3.63, 3.8) is 0 Å². The fourth-order valence-corrected chi connectivity index (χ4v) is 2.79. The summed E-state index contributed by atoms with van der Waals surface area (Å²) in [6.45, 7) is 9.44. The lowest BCUT2D eigenvalue weighted by molar-refractivity contribution is -0.114. The molecule has 1 aromatic carbocycles. The van der Waals surface area contributed by atoms with Crippen molar-refractivity contribution in [2.24, 2.45) is 10.2 Å². The van der Waals surface area contributed by atoms with E-state index in [2.05, 4.69) is 39.3 Å². The number of azo groups is 1. The first kappa shape index (κ1) is 20.6. The van der Waals surface area contributed by atoms with Crippen molar-refractivity contribution in [1.82, 2.24) is 9.55 Å². The lowest BCUT2D eigenvalue weighted by Crippen LogP contribution is -2.21. The second kappa shape index (κ2) is 9.28. The van der Waals surface area contributed by atoms with E-state index < -0.39 is 0 Å². The van der Waals surface area contributed by atoms with Crippen molar-refractivity contribution in [3.8, 4) is 12.1 Å². The summed E-state index contributed by atoms with van der Waals surface area (Å²) in [7, 11) is 0. The monoisotopic (exact) mass is 378 g/mol. The van der Waals surface area contributed by atoms with Crippen LogP contribution in [-0.4, -0.2) is 28.5 Å². The smallest absolute Gasteiger partial charge is 0.251 e. The van der Waals surface area contributed by atoms with Crippen LogP contribution < -0.4 is 10.2 Å². The molecule has 28 heavy (non-hydrogen) atoms. The zero-order chi connectivity index (χ0) is 20.7. The third-order valence-electron chi connectivity index (χ3n) is 4.14. The van der Waals surface area contributed by atoms with Crippen molar-refractivity contribution < 1.29 is 4.79 Å². The molecule has 0 aliphatic rings. The van der Waals surface area contributed by atoms with E-state index in [9.17, 15) is 10.1 Å². The number of rotatable bonds is 7. The first-order chi connectivity index (χ1) is 13.5. The second-order valence-electron chi connectivity index (χ2n) is 5.83. The molecule has 0 unspecified atom stereocenters. The Morgan fingerprint density at radius 1 is 1.21 bits per heavy atom. The summed E-state index contributed by atoms with van der Waals surface area (Å²) in [5, 5.41) is 29.5. The average Bonchev–Trinajstić information content (AvgIpc) is 3.04. The van der Waals surface area contributed by atoms with Crippen LogP contribution in [0.1, 0.15) is 39.1 Å². The van der Waals surface area contributed by atoms with E-state index in [1.54, 1.807) is 6.07 Å². The second-order valence-corrected chi connectivity index (χ2v) is 5.83.